The average Bonchev–Trinajstić information content (AvgIpc) is 2.80. The SMILES string of the molecule is CCc1nn(CC)c(CNCCc2ccncc2)c1Cl. The first-order chi connectivity index (χ1) is 9.76. The van der Waals surface area contributed by atoms with Crippen LogP contribution in [0.1, 0.15) is 30.8 Å². The average molecular weight is 293 g/mol. The van der Waals surface area contributed by atoms with E-state index < -0.39 is 0 Å². The van der Waals surface area contributed by atoms with Crippen molar-refractivity contribution in [1.29, 1.82) is 0 Å². The second kappa shape index (κ2) is 7.41. The lowest BCUT2D eigenvalue weighted by Crippen LogP contribution is -2.19. The highest BCUT2D eigenvalue weighted by molar-refractivity contribution is 6.31. The molecular formula is C15H21ClN4. The van der Waals surface area contributed by atoms with Crippen LogP contribution in [0, 0.1) is 0 Å². The van der Waals surface area contributed by atoms with Crippen molar-refractivity contribution >= 4 is 11.6 Å². The van der Waals surface area contributed by atoms with Crippen LogP contribution in [0.5, 0.6) is 0 Å². The number of hydrogen-bond acceptors (Lipinski definition) is 3. The molecule has 0 radical (unpaired) electrons. The maximum Gasteiger partial charge on any atom is 0.0863 e. The zero-order chi connectivity index (χ0) is 14.4. The summed E-state index contributed by atoms with van der Waals surface area (Å²) in [4.78, 5) is 4.02. The highest BCUT2D eigenvalue weighted by Gasteiger charge is 2.13. The van der Waals surface area contributed by atoms with E-state index in [2.05, 4.69) is 29.2 Å². The third kappa shape index (κ3) is 3.58. The molecule has 5 heteroatoms. The number of nitrogens with zero attached hydrogens (tertiary/aromatic N) is 3. The van der Waals surface area contributed by atoms with Crippen LogP contribution in [0.2, 0.25) is 5.02 Å². The number of halogens is 1. The van der Waals surface area contributed by atoms with Crippen LogP contribution in [-0.2, 0) is 25.9 Å². The van der Waals surface area contributed by atoms with Crippen molar-refractivity contribution in [2.24, 2.45) is 0 Å². The van der Waals surface area contributed by atoms with Crippen LogP contribution >= 0.6 is 11.6 Å². The first-order valence-electron chi connectivity index (χ1n) is 7.09. The molecule has 2 heterocycles. The van der Waals surface area contributed by atoms with Gasteiger partial charge in [-0.15, -0.1) is 0 Å². The van der Waals surface area contributed by atoms with E-state index >= 15 is 0 Å². The number of rotatable bonds is 7. The monoisotopic (exact) mass is 292 g/mol. The first-order valence-corrected chi connectivity index (χ1v) is 7.47. The fourth-order valence-electron chi connectivity index (χ4n) is 2.18. The number of aromatic nitrogens is 3. The van der Waals surface area contributed by atoms with Gasteiger partial charge < -0.3 is 5.32 Å². The summed E-state index contributed by atoms with van der Waals surface area (Å²) in [6.07, 6.45) is 5.51. The molecule has 0 saturated carbocycles. The standard InChI is InChI=1S/C15H21ClN4/c1-3-13-15(16)14(20(4-2)19-13)11-18-10-7-12-5-8-17-9-6-12/h5-6,8-9,18H,3-4,7,10-11H2,1-2H3. The molecule has 0 amide bonds. The van der Waals surface area contributed by atoms with Gasteiger partial charge in [0.25, 0.3) is 0 Å². The van der Waals surface area contributed by atoms with E-state index in [1.54, 1.807) is 0 Å². The summed E-state index contributed by atoms with van der Waals surface area (Å²) in [5.41, 5.74) is 3.36. The molecule has 2 aromatic heterocycles. The Kier molecular flexibility index (Phi) is 5.56. The van der Waals surface area contributed by atoms with Crippen molar-refractivity contribution in [3.8, 4) is 0 Å². The predicted octanol–water partition coefficient (Wildman–Crippen LogP) is 2.85. The topological polar surface area (TPSA) is 42.7 Å². The molecule has 1 N–H and O–H groups in total. The maximum absolute atomic E-state index is 6.37. The zero-order valence-corrected chi connectivity index (χ0v) is 12.8. The van der Waals surface area contributed by atoms with Crippen molar-refractivity contribution < 1.29 is 0 Å². The fraction of sp³-hybridized carbons (Fsp3) is 0.467. The Balaban J connectivity index is 1.89. The van der Waals surface area contributed by atoms with Crippen molar-refractivity contribution in [2.75, 3.05) is 6.54 Å². The summed E-state index contributed by atoms with van der Waals surface area (Å²) in [5, 5.41) is 8.77. The number of aryl methyl sites for hydroxylation is 2. The maximum atomic E-state index is 6.37. The first kappa shape index (κ1) is 15.0. The second-order valence-electron chi connectivity index (χ2n) is 4.66. The van der Waals surface area contributed by atoms with Gasteiger partial charge in [0.2, 0.25) is 0 Å². The van der Waals surface area contributed by atoms with E-state index in [0.29, 0.717) is 0 Å². The van der Waals surface area contributed by atoms with Crippen LogP contribution in [0.4, 0.5) is 0 Å². The van der Waals surface area contributed by atoms with E-state index in [1.165, 1.54) is 5.56 Å². The van der Waals surface area contributed by atoms with E-state index in [4.69, 9.17) is 11.6 Å². The smallest absolute Gasteiger partial charge is 0.0863 e. The molecule has 0 saturated heterocycles. The molecule has 108 valence electrons. The second-order valence-corrected chi connectivity index (χ2v) is 5.04. The molecule has 2 rings (SSSR count). The summed E-state index contributed by atoms with van der Waals surface area (Å²) in [6.45, 7) is 6.68. The van der Waals surface area contributed by atoms with E-state index in [0.717, 1.165) is 48.9 Å². The number of pyridine rings is 1. The van der Waals surface area contributed by atoms with Crippen molar-refractivity contribution in [1.82, 2.24) is 20.1 Å². The minimum absolute atomic E-state index is 0.755. The molecule has 4 nitrogen and oxygen atoms in total. The van der Waals surface area contributed by atoms with Gasteiger partial charge in [0.15, 0.2) is 0 Å². The van der Waals surface area contributed by atoms with Gasteiger partial charge in [-0.2, -0.15) is 5.10 Å². The molecule has 0 spiro atoms. The molecule has 20 heavy (non-hydrogen) atoms. The quantitative estimate of drug-likeness (QED) is 0.798. The Morgan fingerprint density at radius 2 is 2.00 bits per heavy atom. The van der Waals surface area contributed by atoms with Gasteiger partial charge >= 0.3 is 0 Å². The molecule has 0 aliphatic rings. The Labute approximate surface area is 125 Å². The lowest BCUT2D eigenvalue weighted by atomic mass is 10.2. The zero-order valence-electron chi connectivity index (χ0n) is 12.1. The fourth-order valence-corrected chi connectivity index (χ4v) is 2.51. The number of hydrogen-bond donors (Lipinski definition) is 1. The Morgan fingerprint density at radius 1 is 1.25 bits per heavy atom. The summed E-state index contributed by atoms with van der Waals surface area (Å²) in [6, 6.07) is 4.08. The minimum Gasteiger partial charge on any atom is -0.311 e. The van der Waals surface area contributed by atoms with Crippen LogP contribution in [0.3, 0.4) is 0 Å². The van der Waals surface area contributed by atoms with E-state index in [1.807, 2.05) is 29.2 Å². The summed E-state index contributed by atoms with van der Waals surface area (Å²) in [7, 11) is 0. The van der Waals surface area contributed by atoms with Gasteiger partial charge in [0.05, 0.1) is 16.4 Å². The Hall–Kier alpha value is -1.39. The van der Waals surface area contributed by atoms with Gasteiger partial charge in [-0.3, -0.25) is 9.67 Å². The van der Waals surface area contributed by atoms with Gasteiger partial charge in [-0.05, 0) is 44.0 Å². The summed E-state index contributed by atoms with van der Waals surface area (Å²) in [5.74, 6) is 0. The third-order valence-electron chi connectivity index (χ3n) is 3.33. The largest absolute Gasteiger partial charge is 0.311 e. The van der Waals surface area contributed by atoms with Crippen LogP contribution < -0.4 is 5.32 Å². The number of nitrogens with one attached hydrogen (secondary N) is 1. The van der Waals surface area contributed by atoms with Gasteiger partial charge in [-0.1, -0.05) is 18.5 Å². The normalized spacial score (nSPS) is 10.9. The van der Waals surface area contributed by atoms with Crippen LogP contribution in [0.25, 0.3) is 0 Å². The summed E-state index contributed by atoms with van der Waals surface area (Å²) >= 11 is 6.37. The van der Waals surface area contributed by atoms with Crippen LogP contribution in [0.15, 0.2) is 24.5 Å². The highest BCUT2D eigenvalue weighted by atomic mass is 35.5. The molecule has 0 unspecified atom stereocenters. The lowest BCUT2D eigenvalue weighted by Gasteiger charge is -2.07. The van der Waals surface area contributed by atoms with Gasteiger partial charge in [0, 0.05) is 25.5 Å². The molecule has 2 aromatic rings. The molecule has 0 bridgehead atoms. The van der Waals surface area contributed by atoms with E-state index in [-0.39, 0.29) is 0 Å². The Morgan fingerprint density at radius 3 is 2.65 bits per heavy atom. The molecule has 0 fully saturated rings. The highest BCUT2D eigenvalue weighted by Crippen LogP contribution is 2.21. The van der Waals surface area contributed by atoms with E-state index in [9.17, 15) is 0 Å². The summed E-state index contributed by atoms with van der Waals surface area (Å²) < 4.78 is 1.99. The minimum atomic E-state index is 0.755. The molecule has 0 atom stereocenters. The van der Waals surface area contributed by atoms with Gasteiger partial charge in [-0.25, -0.2) is 0 Å². The molecule has 0 aliphatic heterocycles. The van der Waals surface area contributed by atoms with Crippen molar-refractivity contribution in [3.05, 3.63) is 46.5 Å². The molecular weight excluding hydrogens is 272 g/mol. The molecule has 0 aliphatic carbocycles. The van der Waals surface area contributed by atoms with Crippen LogP contribution in [-0.4, -0.2) is 21.3 Å². The molecule has 0 aromatic carbocycles. The lowest BCUT2D eigenvalue weighted by molar-refractivity contribution is 0.578. The Bertz CT molecular complexity index is 536. The van der Waals surface area contributed by atoms with Crippen molar-refractivity contribution in [3.63, 3.8) is 0 Å². The predicted molar refractivity (Wildman–Crippen MR) is 81.9 cm³/mol. The third-order valence-corrected chi connectivity index (χ3v) is 3.76. The van der Waals surface area contributed by atoms with Gasteiger partial charge in [0.1, 0.15) is 0 Å². The van der Waals surface area contributed by atoms with Crippen molar-refractivity contribution in [2.45, 2.75) is 39.8 Å².